The van der Waals surface area contributed by atoms with Crippen molar-refractivity contribution in [3.8, 4) is 0 Å². The van der Waals surface area contributed by atoms with E-state index in [9.17, 15) is 25.0 Å². The average molecular weight is 535 g/mol. The summed E-state index contributed by atoms with van der Waals surface area (Å²) in [7, 11) is 0. The zero-order valence-electron chi connectivity index (χ0n) is 20.4. The van der Waals surface area contributed by atoms with Gasteiger partial charge in [0, 0.05) is 42.9 Å². The second-order valence-electron chi connectivity index (χ2n) is 9.13. The molecule has 2 atom stereocenters. The third-order valence-electron chi connectivity index (χ3n) is 6.80. The van der Waals surface area contributed by atoms with Gasteiger partial charge in [0.1, 0.15) is 0 Å². The molecule has 11 nitrogen and oxygen atoms in total. The van der Waals surface area contributed by atoms with Crippen molar-refractivity contribution in [1.82, 2.24) is 14.8 Å². The number of aromatic nitrogens is 2. The molecule has 0 radical (unpaired) electrons. The smallest absolute Gasteiger partial charge is 0.271 e. The number of non-ortho nitro benzene ring substituents is 2. The van der Waals surface area contributed by atoms with Crippen LogP contribution in [0, 0.1) is 26.1 Å². The highest BCUT2D eigenvalue weighted by Crippen LogP contribution is 2.45. The van der Waals surface area contributed by atoms with Gasteiger partial charge in [0.2, 0.25) is 0 Å². The summed E-state index contributed by atoms with van der Waals surface area (Å²) in [4.78, 5) is 35.6. The first kappa shape index (κ1) is 25.3. The molecule has 12 heteroatoms. The second kappa shape index (κ2) is 10.2. The molecule has 1 aliphatic heterocycles. The van der Waals surface area contributed by atoms with Gasteiger partial charge in [0.05, 0.1) is 26.6 Å². The molecule has 1 amide bonds. The van der Waals surface area contributed by atoms with E-state index in [1.54, 1.807) is 35.1 Å². The Morgan fingerprint density at radius 3 is 2.53 bits per heavy atom. The first-order valence-electron chi connectivity index (χ1n) is 12.1. The van der Waals surface area contributed by atoms with Gasteiger partial charge in [0.25, 0.3) is 17.3 Å². The quantitative estimate of drug-likeness (QED) is 0.289. The van der Waals surface area contributed by atoms with E-state index < -0.39 is 21.8 Å². The molecule has 2 heterocycles. The zero-order chi connectivity index (χ0) is 27.0. The Bertz CT molecular complexity index is 1510. The fourth-order valence-electron chi connectivity index (χ4n) is 5.07. The van der Waals surface area contributed by atoms with Crippen LogP contribution in [0.25, 0.3) is 6.08 Å². The number of allylic oxidation sites excluding steroid dienone is 1. The molecule has 0 unspecified atom stereocenters. The Morgan fingerprint density at radius 1 is 1.13 bits per heavy atom. The van der Waals surface area contributed by atoms with Gasteiger partial charge in [-0.25, -0.2) is 5.01 Å². The fraction of sp³-hybridized carbons (Fsp3) is 0.269. The Labute approximate surface area is 222 Å². The number of nitrogens with zero attached hydrogens (tertiary/aromatic N) is 6. The van der Waals surface area contributed by atoms with Crippen molar-refractivity contribution in [3.05, 3.63) is 102 Å². The Hall–Kier alpha value is -4.38. The van der Waals surface area contributed by atoms with Gasteiger partial charge >= 0.3 is 0 Å². The summed E-state index contributed by atoms with van der Waals surface area (Å²) >= 11 is 6.35. The number of hydrogen-bond acceptors (Lipinski definition) is 7. The molecule has 0 bridgehead atoms. The topological polar surface area (TPSA) is 137 Å². The van der Waals surface area contributed by atoms with Crippen molar-refractivity contribution < 1.29 is 14.6 Å². The van der Waals surface area contributed by atoms with Gasteiger partial charge in [0.15, 0.2) is 5.69 Å². The Morgan fingerprint density at radius 2 is 1.84 bits per heavy atom. The summed E-state index contributed by atoms with van der Waals surface area (Å²) < 4.78 is 1.56. The van der Waals surface area contributed by atoms with Crippen molar-refractivity contribution in [2.75, 3.05) is 0 Å². The van der Waals surface area contributed by atoms with E-state index in [1.165, 1.54) is 29.3 Å². The van der Waals surface area contributed by atoms with Gasteiger partial charge < -0.3 is 0 Å². The first-order chi connectivity index (χ1) is 18.3. The minimum atomic E-state index is -0.603. The van der Waals surface area contributed by atoms with Crippen LogP contribution in [0.4, 0.5) is 11.4 Å². The molecule has 3 aromatic rings. The minimum Gasteiger partial charge on any atom is -0.271 e. The van der Waals surface area contributed by atoms with Gasteiger partial charge in [-0.05, 0) is 49.0 Å². The van der Waals surface area contributed by atoms with Crippen molar-refractivity contribution >= 4 is 40.7 Å². The third kappa shape index (κ3) is 4.68. The molecule has 1 saturated carbocycles. The van der Waals surface area contributed by atoms with Crippen LogP contribution >= 0.6 is 11.6 Å². The number of amides is 1. The highest BCUT2D eigenvalue weighted by molar-refractivity contribution is 6.33. The summed E-state index contributed by atoms with van der Waals surface area (Å²) in [5.41, 5.74) is 2.72. The summed E-state index contributed by atoms with van der Waals surface area (Å²) in [5.74, 6) is -0.734. The maximum Gasteiger partial charge on any atom is 0.296 e. The number of rotatable bonds is 6. The van der Waals surface area contributed by atoms with Crippen LogP contribution in [0.3, 0.4) is 0 Å². The van der Waals surface area contributed by atoms with E-state index >= 15 is 0 Å². The van der Waals surface area contributed by atoms with Crippen LogP contribution in [0.2, 0.25) is 5.02 Å². The lowest BCUT2D eigenvalue weighted by molar-refractivity contribution is -0.385. The lowest BCUT2D eigenvalue weighted by atomic mass is 9.77. The van der Waals surface area contributed by atoms with Crippen molar-refractivity contribution in [1.29, 1.82) is 0 Å². The van der Waals surface area contributed by atoms with Crippen molar-refractivity contribution in [2.24, 2.45) is 11.0 Å². The predicted molar refractivity (Wildman–Crippen MR) is 141 cm³/mol. The SMILES string of the molecule is CCn1cc(Cl)c(C(=O)N2N=C3/C(=C/c4cccc([N+](=O)[O-])c4)CCC[C@@H]3[C@H]2c2cccc([N+](=O)[O-])c2)n1. The standard InChI is InChI=1S/C26H23ClN6O5/c1-2-30-15-22(27)24(28-30)26(34)31-25(18-8-4-10-20(14-18)33(37)38)21-11-5-7-17(23(21)29-31)12-16-6-3-9-19(13-16)32(35)36/h3-4,6,8-10,12-15,21,25H,2,5,7,11H2,1H3/b17-12+/t21-,25+/m0/s1. The number of halogens is 1. The molecule has 194 valence electrons. The van der Waals surface area contributed by atoms with Crippen molar-refractivity contribution in [2.45, 2.75) is 38.8 Å². The summed E-state index contributed by atoms with van der Waals surface area (Å²) in [6.07, 6.45) is 5.60. The molecule has 0 N–H and O–H groups in total. The van der Waals surface area contributed by atoms with Crippen LogP contribution in [-0.4, -0.2) is 36.3 Å². The summed E-state index contributed by atoms with van der Waals surface area (Å²) in [5, 5.41) is 33.4. The molecular formula is C26H23ClN6O5. The number of nitro benzene ring substituents is 2. The number of carbonyl (C=O) groups is 1. The summed E-state index contributed by atoms with van der Waals surface area (Å²) in [6, 6.07) is 11.9. The molecular weight excluding hydrogens is 512 g/mol. The maximum atomic E-state index is 13.8. The zero-order valence-corrected chi connectivity index (χ0v) is 21.1. The number of aryl methyl sites for hydroxylation is 1. The monoisotopic (exact) mass is 534 g/mol. The molecule has 1 aromatic heterocycles. The van der Waals surface area contributed by atoms with E-state index in [1.807, 2.05) is 13.0 Å². The average Bonchev–Trinajstić information content (AvgIpc) is 3.49. The van der Waals surface area contributed by atoms with Crippen LogP contribution in [0.5, 0.6) is 0 Å². The van der Waals surface area contributed by atoms with Gasteiger partial charge in [-0.2, -0.15) is 10.2 Å². The predicted octanol–water partition coefficient (Wildman–Crippen LogP) is 5.81. The van der Waals surface area contributed by atoms with Gasteiger partial charge in [-0.3, -0.25) is 29.7 Å². The lowest BCUT2D eigenvalue weighted by Crippen LogP contribution is -2.32. The molecule has 1 aliphatic carbocycles. The summed E-state index contributed by atoms with van der Waals surface area (Å²) in [6.45, 7) is 2.40. The van der Waals surface area contributed by atoms with E-state index in [2.05, 4.69) is 5.10 Å². The second-order valence-corrected chi connectivity index (χ2v) is 9.54. The first-order valence-corrected chi connectivity index (χ1v) is 12.5. The number of fused-ring (bicyclic) bond motifs is 1. The van der Waals surface area contributed by atoms with Crippen molar-refractivity contribution in [3.63, 3.8) is 0 Å². The molecule has 0 saturated heterocycles. The maximum absolute atomic E-state index is 13.8. The molecule has 38 heavy (non-hydrogen) atoms. The third-order valence-corrected chi connectivity index (χ3v) is 7.07. The van der Waals surface area contributed by atoms with Crippen LogP contribution < -0.4 is 0 Å². The molecule has 1 fully saturated rings. The van der Waals surface area contributed by atoms with E-state index in [0.717, 1.165) is 12.0 Å². The number of hydrazone groups is 1. The van der Waals surface area contributed by atoms with Crippen LogP contribution in [-0.2, 0) is 6.54 Å². The molecule has 5 rings (SSSR count). The Kier molecular flexibility index (Phi) is 6.77. The van der Waals surface area contributed by atoms with Gasteiger partial charge in [-0.1, -0.05) is 35.9 Å². The lowest BCUT2D eigenvalue weighted by Gasteiger charge is -2.29. The normalized spacial score (nSPS) is 19.8. The number of hydrogen-bond donors (Lipinski definition) is 0. The van der Waals surface area contributed by atoms with E-state index in [4.69, 9.17) is 16.7 Å². The van der Waals surface area contributed by atoms with E-state index in [0.29, 0.717) is 36.2 Å². The molecule has 0 spiro atoms. The van der Waals surface area contributed by atoms with E-state index in [-0.39, 0.29) is 28.0 Å². The number of nitro groups is 2. The fourth-order valence-corrected chi connectivity index (χ4v) is 5.30. The van der Waals surface area contributed by atoms with Crippen LogP contribution in [0.15, 0.2) is 65.4 Å². The number of benzene rings is 2. The highest BCUT2D eigenvalue weighted by Gasteiger charge is 2.45. The largest absolute Gasteiger partial charge is 0.296 e. The molecule has 2 aromatic carbocycles. The molecule has 2 aliphatic rings. The van der Waals surface area contributed by atoms with Crippen LogP contribution in [0.1, 0.15) is 53.8 Å². The van der Waals surface area contributed by atoms with Gasteiger partial charge in [-0.15, -0.1) is 0 Å². The highest BCUT2D eigenvalue weighted by atomic mass is 35.5. The minimum absolute atomic E-state index is 0.0208. The Balaban J connectivity index is 1.61. The number of carbonyl (C=O) groups excluding carboxylic acids is 1.